The van der Waals surface area contributed by atoms with Gasteiger partial charge in [-0.15, -0.1) is 0 Å². The van der Waals surface area contributed by atoms with E-state index in [0.29, 0.717) is 0 Å². The fraction of sp³-hybridized carbons (Fsp3) is 0.381. The summed E-state index contributed by atoms with van der Waals surface area (Å²) in [7, 11) is 0. The molecular formula is C21H26N2O2. The van der Waals surface area contributed by atoms with Crippen LogP contribution in [0.1, 0.15) is 50.0 Å². The molecule has 1 N–H and O–H groups in total. The van der Waals surface area contributed by atoms with Gasteiger partial charge in [0.1, 0.15) is 5.76 Å². The van der Waals surface area contributed by atoms with Gasteiger partial charge in [-0.1, -0.05) is 25.0 Å². The monoisotopic (exact) mass is 338 g/mol. The molecule has 1 aliphatic rings. The third-order valence-electron chi connectivity index (χ3n) is 4.62. The van der Waals surface area contributed by atoms with E-state index in [1.54, 1.807) is 12.3 Å². The lowest BCUT2D eigenvalue weighted by Gasteiger charge is -2.22. The molecule has 4 nitrogen and oxygen atoms in total. The highest BCUT2D eigenvalue weighted by molar-refractivity contribution is 5.91. The van der Waals surface area contributed by atoms with E-state index in [9.17, 15) is 4.79 Å². The molecular weight excluding hydrogens is 312 g/mol. The molecule has 3 rings (SSSR count). The number of carbonyl (C=O) groups excluding carboxylic acids is 1. The normalized spacial score (nSPS) is 16.6. The van der Waals surface area contributed by atoms with E-state index in [1.807, 2.05) is 25.1 Å². The number of amides is 1. The molecule has 2 aromatic rings. The number of rotatable bonds is 5. The van der Waals surface area contributed by atoms with E-state index >= 15 is 0 Å². The molecule has 2 heterocycles. The van der Waals surface area contributed by atoms with Gasteiger partial charge in [0.25, 0.3) is 0 Å². The molecule has 25 heavy (non-hydrogen) atoms. The van der Waals surface area contributed by atoms with Crippen LogP contribution < -0.4 is 10.2 Å². The molecule has 1 aromatic carbocycles. The average Bonchev–Trinajstić information content (AvgIpc) is 3.03. The molecule has 1 saturated heterocycles. The molecule has 0 bridgehead atoms. The molecule has 0 saturated carbocycles. The summed E-state index contributed by atoms with van der Waals surface area (Å²) in [6, 6.07) is 12.0. The van der Waals surface area contributed by atoms with Crippen LogP contribution in [0.2, 0.25) is 0 Å². The molecule has 0 aliphatic carbocycles. The maximum atomic E-state index is 12.0. The van der Waals surface area contributed by atoms with E-state index in [4.69, 9.17) is 4.42 Å². The van der Waals surface area contributed by atoms with Gasteiger partial charge < -0.3 is 14.6 Å². The Kier molecular flexibility index (Phi) is 5.94. The van der Waals surface area contributed by atoms with Crippen molar-refractivity contribution in [2.45, 2.75) is 38.6 Å². The second-order valence-electron chi connectivity index (χ2n) is 6.57. The zero-order valence-corrected chi connectivity index (χ0v) is 14.8. The van der Waals surface area contributed by atoms with Crippen LogP contribution in [0.15, 0.2) is 53.2 Å². The van der Waals surface area contributed by atoms with E-state index in [-0.39, 0.29) is 11.9 Å². The first-order valence-corrected chi connectivity index (χ1v) is 9.09. The predicted molar refractivity (Wildman–Crippen MR) is 101 cm³/mol. The Hall–Kier alpha value is -2.49. The molecule has 4 heteroatoms. The second kappa shape index (κ2) is 8.56. The van der Waals surface area contributed by atoms with Gasteiger partial charge in [-0.3, -0.25) is 4.79 Å². The Morgan fingerprint density at radius 1 is 1.12 bits per heavy atom. The highest BCUT2D eigenvalue weighted by Crippen LogP contribution is 2.20. The van der Waals surface area contributed by atoms with E-state index in [0.717, 1.165) is 24.4 Å². The van der Waals surface area contributed by atoms with Crippen LogP contribution in [0.4, 0.5) is 5.69 Å². The van der Waals surface area contributed by atoms with Crippen LogP contribution in [0, 0.1) is 0 Å². The smallest absolute Gasteiger partial charge is 0.244 e. The number of nitrogens with one attached hydrogen (secondary N) is 1. The van der Waals surface area contributed by atoms with E-state index in [1.165, 1.54) is 31.4 Å². The quantitative estimate of drug-likeness (QED) is 0.814. The van der Waals surface area contributed by atoms with Crippen molar-refractivity contribution in [3.63, 3.8) is 0 Å². The lowest BCUT2D eigenvalue weighted by atomic mass is 10.1. The van der Waals surface area contributed by atoms with Crippen molar-refractivity contribution in [3.05, 3.63) is 60.1 Å². The first-order chi connectivity index (χ1) is 12.2. The van der Waals surface area contributed by atoms with Crippen molar-refractivity contribution < 1.29 is 9.21 Å². The Morgan fingerprint density at radius 2 is 1.84 bits per heavy atom. The number of hydrogen-bond acceptors (Lipinski definition) is 3. The van der Waals surface area contributed by atoms with Gasteiger partial charge in [-0.2, -0.15) is 0 Å². The van der Waals surface area contributed by atoms with Gasteiger partial charge in [-0.25, -0.2) is 0 Å². The van der Waals surface area contributed by atoms with Crippen molar-refractivity contribution in [2.75, 3.05) is 18.0 Å². The summed E-state index contributed by atoms with van der Waals surface area (Å²) in [5.41, 5.74) is 2.30. The summed E-state index contributed by atoms with van der Waals surface area (Å²) in [6.07, 6.45) is 10.2. The summed E-state index contributed by atoms with van der Waals surface area (Å²) in [5, 5.41) is 2.89. The summed E-state index contributed by atoms with van der Waals surface area (Å²) in [6.45, 7) is 4.19. The molecule has 1 fully saturated rings. The first kappa shape index (κ1) is 17.3. The minimum Gasteiger partial charge on any atom is -0.467 e. The Labute approximate surface area is 149 Å². The van der Waals surface area contributed by atoms with Crippen LogP contribution in [0.5, 0.6) is 0 Å². The zero-order chi connectivity index (χ0) is 17.5. The van der Waals surface area contributed by atoms with Crippen molar-refractivity contribution in [3.8, 4) is 0 Å². The van der Waals surface area contributed by atoms with Gasteiger partial charge >= 0.3 is 0 Å². The van der Waals surface area contributed by atoms with Gasteiger partial charge in [0.2, 0.25) is 5.91 Å². The zero-order valence-electron chi connectivity index (χ0n) is 14.8. The molecule has 1 aliphatic heterocycles. The predicted octanol–water partition coefficient (Wildman–Crippen LogP) is 4.55. The molecule has 0 unspecified atom stereocenters. The summed E-state index contributed by atoms with van der Waals surface area (Å²) >= 11 is 0. The van der Waals surface area contributed by atoms with Crippen molar-refractivity contribution in [1.29, 1.82) is 0 Å². The largest absolute Gasteiger partial charge is 0.467 e. The van der Waals surface area contributed by atoms with Gasteiger partial charge in [0.05, 0.1) is 12.3 Å². The summed E-state index contributed by atoms with van der Waals surface area (Å²) in [5.74, 6) is 0.629. The summed E-state index contributed by atoms with van der Waals surface area (Å²) < 4.78 is 5.30. The van der Waals surface area contributed by atoms with E-state index in [2.05, 4.69) is 34.5 Å². The van der Waals surface area contributed by atoms with E-state index < -0.39 is 0 Å². The lowest BCUT2D eigenvalue weighted by Crippen LogP contribution is -2.24. The minimum absolute atomic E-state index is 0.125. The molecule has 1 atom stereocenters. The van der Waals surface area contributed by atoms with Gasteiger partial charge in [-0.05, 0) is 55.7 Å². The number of benzene rings is 1. The van der Waals surface area contributed by atoms with Crippen LogP contribution in [0.25, 0.3) is 6.08 Å². The second-order valence-corrected chi connectivity index (χ2v) is 6.57. The maximum absolute atomic E-state index is 12.0. The van der Waals surface area contributed by atoms with Crippen LogP contribution in [0.3, 0.4) is 0 Å². The number of hydrogen-bond donors (Lipinski definition) is 1. The lowest BCUT2D eigenvalue weighted by molar-refractivity contribution is -0.117. The number of anilines is 1. The van der Waals surface area contributed by atoms with Crippen molar-refractivity contribution >= 4 is 17.7 Å². The topological polar surface area (TPSA) is 45.5 Å². The van der Waals surface area contributed by atoms with Gasteiger partial charge in [0.15, 0.2) is 0 Å². The SMILES string of the molecule is C[C@H](NC(=O)/C=C/c1ccc(N2CCCCCC2)cc1)c1ccco1. The minimum atomic E-state index is -0.141. The van der Waals surface area contributed by atoms with Crippen molar-refractivity contribution in [2.24, 2.45) is 0 Å². The fourth-order valence-corrected chi connectivity index (χ4v) is 3.17. The fourth-order valence-electron chi connectivity index (χ4n) is 3.17. The summed E-state index contributed by atoms with van der Waals surface area (Å²) in [4.78, 5) is 14.5. The molecule has 0 radical (unpaired) electrons. The molecule has 1 aromatic heterocycles. The highest BCUT2D eigenvalue weighted by Gasteiger charge is 2.10. The molecule has 0 spiro atoms. The van der Waals surface area contributed by atoms with Gasteiger partial charge in [0, 0.05) is 24.9 Å². The van der Waals surface area contributed by atoms with Crippen LogP contribution >= 0.6 is 0 Å². The molecule has 132 valence electrons. The third kappa shape index (κ3) is 4.99. The van der Waals surface area contributed by atoms with Crippen LogP contribution in [-0.4, -0.2) is 19.0 Å². The average molecular weight is 338 g/mol. The molecule has 1 amide bonds. The first-order valence-electron chi connectivity index (χ1n) is 9.09. The number of carbonyl (C=O) groups is 1. The standard InChI is InChI=1S/C21H26N2O2/c1-17(20-7-6-16-25-20)22-21(24)13-10-18-8-11-19(12-9-18)23-14-4-2-3-5-15-23/h6-13,16-17H,2-5,14-15H2,1H3,(H,22,24)/b13-10+/t17-/m0/s1. The maximum Gasteiger partial charge on any atom is 0.244 e. The van der Waals surface area contributed by atoms with Crippen molar-refractivity contribution in [1.82, 2.24) is 5.32 Å². The highest BCUT2D eigenvalue weighted by atomic mass is 16.3. The number of nitrogens with zero attached hydrogens (tertiary/aromatic N) is 1. The Balaban J connectivity index is 1.55. The Bertz CT molecular complexity index is 681. The van der Waals surface area contributed by atoms with Crippen LogP contribution in [-0.2, 0) is 4.79 Å². The Morgan fingerprint density at radius 3 is 2.48 bits per heavy atom. The number of furan rings is 1. The third-order valence-corrected chi connectivity index (χ3v) is 4.62.